The Bertz CT molecular complexity index is 494. The summed E-state index contributed by atoms with van der Waals surface area (Å²) in [6, 6.07) is 11.0. The maximum atomic E-state index is 4.02. The van der Waals surface area contributed by atoms with Crippen molar-refractivity contribution in [3.63, 3.8) is 0 Å². The zero-order chi connectivity index (χ0) is 13.7. The third kappa shape index (κ3) is 3.78. The van der Waals surface area contributed by atoms with E-state index in [9.17, 15) is 0 Å². The summed E-state index contributed by atoms with van der Waals surface area (Å²) in [6.07, 6.45) is 6.20. The fourth-order valence-electron chi connectivity index (χ4n) is 2.48. The number of nitrogens with zero attached hydrogens (tertiary/aromatic N) is 2. The topological polar surface area (TPSA) is 37.8 Å². The van der Waals surface area contributed by atoms with Crippen LogP contribution in [0.25, 0.3) is 0 Å². The Kier molecular flexibility index (Phi) is 4.15. The molecule has 0 saturated carbocycles. The molecule has 0 saturated heterocycles. The molecule has 3 heteroatoms. The van der Waals surface area contributed by atoms with Crippen molar-refractivity contribution in [1.29, 1.82) is 0 Å². The molecule has 0 bridgehead atoms. The number of nitrogens with one attached hydrogen (secondary N) is 1. The molecule has 1 unspecified atom stereocenters. The van der Waals surface area contributed by atoms with Crippen LogP contribution in [0.4, 0.5) is 5.69 Å². The Morgan fingerprint density at radius 1 is 1.11 bits per heavy atom. The van der Waals surface area contributed by atoms with Crippen molar-refractivity contribution >= 4 is 5.69 Å². The van der Waals surface area contributed by atoms with Crippen LogP contribution in [0.3, 0.4) is 0 Å². The number of hydrogen-bond acceptors (Lipinski definition) is 3. The van der Waals surface area contributed by atoms with E-state index in [1.165, 1.54) is 5.56 Å². The van der Waals surface area contributed by atoms with E-state index in [-0.39, 0.29) is 5.41 Å². The average molecular weight is 255 g/mol. The summed E-state index contributed by atoms with van der Waals surface area (Å²) in [5.74, 6) is 0. The Balaban J connectivity index is 2.00. The molecule has 0 aliphatic rings. The first-order chi connectivity index (χ1) is 9.08. The van der Waals surface area contributed by atoms with Crippen LogP contribution in [0, 0.1) is 0 Å². The minimum atomic E-state index is 0.142. The predicted octanol–water partition coefficient (Wildman–Crippen LogP) is 3.64. The Morgan fingerprint density at radius 2 is 1.74 bits per heavy atom. The summed E-state index contributed by atoms with van der Waals surface area (Å²) >= 11 is 0. The van der Waals surface area contributed by atoms with Gasteiger partial charge in [-0.3, -0.25) is 0 Å². The van der Waals surface area contributed by atoms with E-state index in [0.29, 0.717) is 6.04 Å². The number of benzene rings is 1. The van der Waals surface area contributed by atoms with Crippen LogP contribution in [-0.2, 0) is 5.41 Å². The molecule has 2 rings (SSSR count). The van der Waals surface area contributed by atoms with E-state index in [2.05, 4.69) is 66.4 Å². The van der Waals surface area contributed by atoms with E-state index in [1.807, 2.05) is 0 Å². The van der Waals surface area contributed by atoms with Gasteiger partial charge in [-0.15, -0.1) is 0 Å². The molecule has 1 aromatic carbocycles. The molecule has 1 aromatic heterocycles. The van der Waals surface area contributed by atoms with Crippen LogP contribution < -0.4 is 5.32 Å². The average Bonchev–Trinajstić information content (AvgIpc) is 2.40. The number of rotatable bonds is 5. The highest BCUT2D eigenvalue weighted by atomic mass is 15.0. The zero-order valence-electron chi connectivity index (χ0n) is 11.8. The molecule has 0 aliphatic carbocycles. The zero-order valence-corrected chi connectivity index (χ0v) is 11.8. The summed E-state index contributed by atoms with van der Waals surface area (Å²) in [5.41, 5.74) is 2.48. The lowest BCUT2D eigenvalue weighted by atomic mass is 9.79. The molecule has 0 spiro atoms. The van der Waals surface area contributed by atoms with Gasteiger partial charge >= 0.3 is 0 Å². The second kappa shape index (κ2) is 5.83. The fraction of sp³-hybridized carbons (Fsp3) is 0.375. The van der Waals surface area contributed by atoms with Gasteiger partial charge in [0.25, 0.3) is 0 Å². The smallest absolute Gasteiger partial charge is 0.115 e. The van der Waals surface area contributed by atoms with Gasteiger partial charge in [0.2, 0.25) is 0 Å². The predicted molar refractivity (Wildman–Crippen MR) is 79.2 cm³/mol. The standard InChI is InChI=1S/C16H21N3/c1-13(19-15-10-17-12-18-11-15)9-16(2,3)14-7-5-4-6-8-14/h4-8,10-13,19H,9H2,1-3H3. The second-order valence-electron chi connectivity index (χ2n) is 5.63. The number of hydrogen-bond donors (Lipinski definition) is 1. The van der Waals surface area contributed by atoms with Crippen LogP contribution in [0.2, 0.25) is 0 Å². The lowest BCUT2D eigenvalue weighted by Gasteiger charge is -2.29. The van der Waals surface area contributed by atoms with E-state index in [4.69, 9.17) is 0 Å². The third-order valence-electron chi connectivity index (χ3n) is 3.35. The van der Waals surface area contributed by atoms with Crippen molar-refractivity contribution in [3.8, 4) is 0 Å². The van der Waals surface area contributed by atoms with Crippen molar-refractivity contribution in [3.05, 3.63) is 54.6 Å². The number of aromatic nitrogens is 2. The van der Waals surface area contributed by atoms with Gasteiger partial charge in [0, 0.05) is 6.04 Å². The second-order valence-corrected chi connectivity index (χ2v) is 5.63. The van der Waals surface area contributed by atoms with Crippen LogP contribution in [-0.4, -0.2) is 16.0 Å². The Labute approximate surface area is 115 Å². The normalized spacial score (nSPS) is 13.0. The van der Waals surface area contributed by atoms with Gasteiger partial charge < -0.3 is 5.32 Å². The Hall–Kier alpha value is -1.90. The van der Waals surface area contributed by atoms with Crippen LogP contribution in [0.1, 0.15) is 32.8 Å². The van der Waals surface area contributed by atoms with E-state index in [0.717, 1.165) is 12.1 Å². The highest BCUT2D eigenvalue weighted by Gasteiger charge is 2.23. The molecule has 1 heterocycles. The highest BCUT2D eigenvalue weighted by Crippen LogP contribution is 2.28. The molecular formula is C16H21N3. The summed E-state index contributed by atoms with van der Waals surface area (Å²) in [6.45, 7) is 6.75. The largest absolute Gasteiger partial charge is 0.380 e. The summed E-state index contributed by atoms with van der Waals surface area (Å²) < 4.78 is 0. The molecule has 0 aliphatic heterocycles. The SMILES string of the molecule is CC(CC(C)(C)c1ccccc1)Nc1cncnc1. The molecule has 1 N–H and O–H groups in total. The highest BCUT2D eigenvalue weighted by molar-refractivity contribution is 5.38. The maximum Gasteiger partial charge on any atom is 0.115 e. The maximum absolute atomic E-state index is 4.02. The van der Waals surface area contributed by atoms with Gasteiger partial charge in [-0.2, -0.15) is 0 Å². The molecule has 0 radical (unpaired) electrons. The monoisotopic (exact) mass is 255 g/mol. The van der Waals surface area contributed by atoms with Crippen LogP contribution >= 0.6 is 0 Å². The molecular weight excluding hydrogens is 234 g/mol. The van der Waals surface area contributed by atoms with Crippen molar-refractivity contribution in [2.24, 2.45) is 0 Å². The van der Waals surface area contributed by atoms with Gasteiger partial charge in [-0.25, -0.2) is 9.97 Å². The minimum absolute atomic E-state index is 0.142. The summed E-state index contributed by atoms with van der Waals surface area (Å²) in [5, 5.41) is 3.44. The van der Waals surface area contributed by atoms with Gasteiger partial charge in [0.05, 0.1) is 18.1 Å². The molecule has 0 fully saturated rings. The molecule has 0 amide bonds. The van der Waals surface area contributed by atoms with Crippen LogP contribution in [0.5, 0.6) is 0 Å². The minimum Gasteiger partial charge on any atom is -0.380 e. The third-order valence-corrected chi connectivity index (χ3v) is 3.35. The molecule has 1 atom stereocenters. The molecule has 19 heavy (non-hydrogen) atoms. The lowest BCUT2D eigenvalue weighted by Crippen LogP contribution is -2.27. The molecule has 100 valence electrons. The van der Waals surface area contributed by atoms with Crippen LogP contribution in [0.15, 0.2) is 49.1 Å². The first-order valence-electron chi connectivity index (χ1n) is 6.65. The van der Waals surface area contributed by atoms with Gasteiger partial charge in [-0.1, -0.05) is 44.2 Å². The van der Waals surface area contributed by atoms with Crippen molar-refractivity contribution in [2.45, 2.75) is 38.6 Å². The quantitative estimate of drug-likeness (QED) is 0.886. The molecule has 3 nitrogen and oxygen atoms in total. The van der Waals surface area contributed by atoms with Gasteiger partial charge in [0.1, 0.15) is 6.33 Å². The first kappa shape index (κ1) is 13.5. The van der Waals surface area contributed by atoms with Crippen molar-refractivity contribution in [2.75, 3.05) is 5.32 Å². The first-order valence-corrected chi connectivity index (χ1v) is 6.65. The Morgan fingerprint density at radius 3 is 2.37 bits per heavy atom. The van der Waals surface area contributed by atoms with Crippen molar-refractivity contribution < 1.29 is 0 Å². The fourth-order valence-corrected chi connectivity index (χ4v) is 2.48. The van der Waals surface area contributed by atoms with Gasteiger partial charge in [-0.05, 0) is 24.3 Å². The lowest BCUT2D eigenvalue weighted by molar-refractivity contribution is 0.450. The summed E-state index contributed by atoms with van der Waals surface area (Å²) in [7, 11) is 0. The molecule has 2 aromatic rings. The van der Waals surface area contributed by atoms with Gasteiger partial charge in [0.15, 0.2) is 0 Å². The van der Waals surface area contributed by atoms with E-state index in [1.54, 1.807) is 18.7 Å². The number of anilines is 1. The van der Waals surface area contributed by atoms with Crippen molar-refractivity contribution in [1.82, 2.24) is 9.97 Å². The summed E-state index contributed by atoms with van der Waals surface area (Å²) in [4.78, 5) is 8.04. The van der Waals surface area contributed by atoms with E-state index < -0.39 is 0 Å². The van der Waals surface area contributed by atoms with E-state index >= 15 is 0 Å².